The number of halogens is 2. The van der Waals surface area contributed by atoms with Crippen LogP contribution in [0, 0.1) is 0 Å². The first-order chi connectivity index (χ1) is 15.5. The second-order valence-corrected chi connectivity index (χ2v) is 10.5. The zero-order chi connectivity index (χ0) is 24.2. The number of benzene rings is 1. The van der Waals surface area contributed by atoms with Crippen molar-refractivity contribution in [2.24, 2.45) is 0 Å². The minimum absolute atomic E-state index is 0.0392. The number of nitrogens with zero attached hydrogens (tertiary/aromatic N) is 2. The van der Waals surface area contributed by atoms with Crippen LogP contribution in [0.3, 0.4) is 0 Å². The monoisotopic (exact) mass is 494 g/mol. The van der Waals surface area contributed by atoms with E-state index in [2.05, 4.69) is 9.97 Å². The fourth-order valence-electron chi connectivity index (χ4n) is 4.28. The number of carbonyl (C=O) groups excluding carboxylic acids is 1. The van der Waals surface area contributed by atoms with E-state index in [1.54, 1.807) is 32.9 Å². The Bertz CT molecular complexity index is 999. The van der Waals surface area contributed by atoms with Gasteiger partial charge in [-0.2, -0.15) is 4.98 Å². The first-order valence-corrected chi connectivity index (χ1v) is 12.2. The second-order valence-electron chi connectivity index (χ2n) is 9.63. The van der Waals surface area contributed by atoms with Crippen LogP contribution < -0.4 is 4.74 Å². The van der Waals surface area contributed by atoms with Crippen molar-refractivity contribution in [1.82, 2.24) is 9.97 Å². The zero-order valence-corrected chi connectivity index (χ0v) is 21.2. The van der Waals surface area contributed by atoms with E-state index in [4.69, 9.17) is 32.7 Å². The second kappa shape index (κ2) is 10.5. The van der Waals surface area contributed by atoms with Crippen LogP contribution in [0.4, 0.5) is 0 Å². The Kier molecular flexibility index (Phi) is 8.12. The number of hydrogen-bond acceptors (Lipinski definition) is 6. The Labute approximate surface area is 205 Å². The maximum absolute atomic E-state index is 13.0. The fourth-order valence-corrected chi connectivity index (χ4v) is 4.77. The molecule has 180 valence electrons. The molecule has 0 saturated heterocycles. The molecule has 1 aliphatic carbocycles. The van der Waals surface area contributed by atoms with Crippen molar-refractivity contribution in [2.75, 3.05) is 6.61 Å². The van der Waals surface area contributed by atoms with Crippen LogP contribution in [-0.4, -0.2) is 33.3 Å². The lowest BCUT2D eigenvalue weighted by Gasteiger charge is -2.30. The highest BCUT2D eigenvalue weighted by atomic mass is 35.5. The van der Waals surface area contributed by atoms with Gasteiger partial charge < -0.3 is 14.6 Å². The van der Waals surface area contributed by atoms with Crippen LogP contribution in [0.15, 0.2) is 18.2 Å². The topological polar surface area (TPSA) is 81.5 Å². The maximum Gasteiger partial charge on any atom is 0.361 e. The highest BCUT2D eigenvalue weighted by Crippen LogP contribution is 2.47. The van der Waals surface area contributed by atoms with Crippen LogP contribution in [0.1, 0.15) is 88.1 Å². The number of ether oxygens (including phenoxy) is 2. The molecule has 0 amide bonds. The van der Waals surface area contributed by atoms with Gasteiger partial charge in [0.15, 0.2) is 5.69 Å². The van der Waals surface area contributed by atoms with Gasteiger partial charge in [-0.1, -0.05) is 49.4 Å². The third kappa shape index (κ3) is 6.30. The van der Waals surface area contributed by atoms with Crippen molar-refractivity contribution < 1.29 is 19.4 Å². The van der Waals surface area contributed by atoms with Crippen molar-refractivity contribution in [3.63, 3.8) is 0 Å². The van der Waals surface area contributed by atoms with E-state index in [1.807, 2.05) is 13.0 Å². The summed E-state index contributed by atoms with van der Waals surface area (Å²) in [5.74, 6) is -0.714. The molecule has 1 heterocycles. The predicted octanol–water partition coefficient (Wildman–Crippen LogP) is 6.68. The van der Waals surface area contributed by atoms with Gasteiger partial charge in [-0.15, -0.1) is 0 Å². The van der Waals surface area contributed by atoms with Crippen LogP contribution in [0.25, 0.3) is 0 Å². The summed E-state index contributed by atoms with van der Waals surface area (Å²) in [4.78, 5) is 21.8. The summed E-state index contributed by atoms with van der Waals surface area (Å²) in [5, 5.41) is 12.0. The molecule has 0 bridgehead atoms. The summed E-state index contributed by atoms with van der Waals surface area (Å²) in [6.07, 6.45) is 5.92. The van der Waals surface area contributed by atoms with Gasteiger partial charge in [0.1, 0.15) is 11.4 Å². The maximum atomic E-state index is 13.0. The molecule has 8 heteroatoms. The number of aromatic nitrogens is 2. The van der Waals surface area contributed by atoms with Crippen molar-refractivity contribution in [1.29, 1.82) is 0 Å². The van der Waals surface area contributed by atoms with E-state index >= 15 is 0 Å². The summed E-state index contributed by atoms with van der Waals surface area (Å²) < 4.78 is 11.2. The Balaban J connectivity index is 2.03. The Morgan fingerprint density at radius 1 is 1.18 bits per heavy atom. The molecule has 1 saturated carbocycles. The van der Waals surface area contributed by atoms with Gasteiger partial charge >= 0.3 is 5.97 Å². The molecule has 2 aromatic rings. The first kappa shape index (κ1) is 25.6. The molecule has 0 atom stereocenters. The quantitative estimate of drug-likeness (QED) is 0.325. The third-order valence-electron chi connectivity index (χ3n) is 5.79. The summed E-state index contributed by atoms with van der Waals surface area (Å²) in [6, 6.07) is 5.46. The standard InChI is InChI=1S/C25H32Cl2N2O4/c1-5-6-13-32-21-20(23(31)33-24(2,3)4)28-19(29-22(21)30)15-25(11-7-8-12-25)17-14-16(26)9-10-18(17)27/h9-10,14H,5-8,11-13,15H2,1-4H3,(H,28,29,30). The average molecular weight is 495 g/mol. The molecule has 6 nitrogen and oxygen atoms in total. The molecule has 0 unspecified atom stereocenters. The van der Waals surface area contributed by atoms with Gasteiger partial charge in [-0.05, 0) is 63.8 Å². The number of hydrogen-bond donors (Lipinski definition) is 1. The van der Waals surface area contributed by atoms with E-state index in [9.17, 15) is 9.90 Å². The highest BCUT2D eigenvalue weighted by molar-refractivity contribution is 6.33. The van der Waals surface area contributed by atoms with Gasteiger partial charge in [0.2, 0.25) is 5.75 Å². The lowest BCUT2D eigenvalue weighted by atomic mass is 9.76. The summed E-state index contributed by atoms with van der Waals surface area (Å²) in [5.41, 5.74) is -0.169. The minimum atomic E-state index is -0.723. The number of rotatable bonds is 8. The van der Waals surface area contributed by atoms with Crippen LogP contribution >= 0.6 is 23.2 Å². The van der Waals surface area contributed by atoms with Gasteiger partial charge in [-0.3, -0.25) is 0 Å². The highest BCUT2D eigenvalue weighted by Gasteiger charge is 2.39. The van der Waals surface area contributed by atoms with Gasteiger partial charge in [0.25, 0.3) is 5.88 Å². The van der Waals surface area contributed by atoms with Gasteiger partial charge in [-0.25, -0.2) is 9.78 Å². The van der Waals surface area contributed by atoms with Crippen molar-refractivity contribution >= 4 is 29.2 Å². The fraction of sp³-hybridized carbons (Fsp3) is 0.560. The average Bonchev–Trinajstić information content (AvgIpc) is 3.19. The van der Waals surface area contributed by atoms with E-state index < -0.39 is 11.6 Å². The smallest absolute Gasteiger partial charge is 0.361 e. The lowest BCUT2D eigenvalue weighted by molar-refractivity contribution is 0.00568. The van der Waals surface area contributed by atoms with Crippen molar-refractivity contribution in [3.05, 3.63) is 45.3 Å². The largest absolute Gasteiger partial charge is 0.491 e. The van der Waals surface area contributed by atoms with E-state index in [-0.39, 0.29) is 22.7 Å². The van der Waals surface area contributed by atoms with Crippen molar-refractivity contribution in [3.8, 4) is 11.6 Å². The zero-order valence-electron chi connectivity index (χ0n) is 19.7. The van der Waals surface area contributed by atoms with Crippen LogP contribution in [0.2, 0.25) is 10.0 Å². The van der Waals surface area contributed by atoms with Crippen LogP contribution in [-0.2, 0) is 16.6 Å². The van der Waals surface area contributed by atoms with Gasteiger partial charge in [0.05, 0.1) is 6.61 Å². The Morgan fingerprint density at radius 3 is 2.52 bits per heavy atom. The molecule has 0 spiro atoms. The van der Waals surface area contributed by atoms with Gasteiger partial charge in [0, 0.05) is 21.9 Å². The van der Waals surface area contributed by atoms with E-state index in [1.165, 1.54) is 0 Å². The van der Waals surface area contributed by atoms with Crippen molar-refractivity contribution in [2.45, 2.75) is 83.7 Å². The third-order valence-corrected chi connectivity index (χ3v) is 6.35. The summed E-state index contributed by atoms with van der Waals surface area (Å²) in [6.45, 7) is 7.70. The molecule has 1 N–H and O–H groups in total. The summed E-state index contributed by atoms with van der Waals surface area (Å²) >= 11 is 12.9. The lowest BCUT2D eigenvalue weighted by Crippen LogP contribution is -2.28. The van der Waals surface area contributed by atoms with Crippen LogP contribution in [0.5, 0.6) is 11.6 Å². The number of esters is 1. The van der Waals surface area contributed by atoms with E-state index in [0.29, 0.717) is 28.9 Å². The molecular formula is C25H32Cl2N2O4. The van der Waals surface area contributed by atoms with E-state index in [0.717, 1.165) is 44.1 Å². The Morgan fingerprint density at radius 2 is 1.88 bits per heavy atom. The number of unbranched alkanes of at least 4 members (excludes halogenated alkanes) is 1. The summed E-state index contributed by atoms with van der Waals surface area (Å²) in [7, 11) is 0. The first-order valence-electron chi connectivity index (χ1n) is 11.5. The molecule has 1 aromatic carbocycles. The SMILES string of the molecule is CCCCOc1c(O)nc(CC2(c3cc(Cl)ccc3Cl)CCCC2)nc1C(=O)OC(C)(C)C. The molecule has 0 radical (unpaired) electrons. The predicted molar refractivity (Wildman–Crippen MR) is 130 cm³/mol. The molecule has 1 fully saturated rings. The molecular weight excluding hydrogens is 463 g/mol. The molecule has 0 aliphatic heterocycles. The normalized spacial score (nSPS) is 15.5. The molecule has 1 aromatic heterocycles. The minimum Gasteiger partial charge on any atom is -0.491 e. The molecule has 1 aliphatic rings. The number of carbonyl (C=O) groups is 1. The molecule has 3 rings (SSSR count). The number of aromatic hydroxyl groups is 1. The Hall–Kier alpha value is -2.05. The molecule has 33 heavy (non-hydrogen) atoms.